The maximum absolute atomic E-state index is 10.0. The van der Waals surface area contributed by atoms with E-state index in [1.165, 1.54) is 0 Å². The van der Waals surface area contributed by atoms with Gasteiger partial charge in [-0.25, -0.2) is 0 Å². The smallest absolute Gasteiger partial charge is 0.151 e. The van der Waals surface area contributed by atoms with Crippen LogP contribution in [-0.2, 0) is 9.53 Å². The summed E-state index contributed by atoms with van der Waals surface area (Å²) in [6.45, 7) is -0.535. The molecule has 11 heavy (non-hydrogen) atoms. The SMILES string of the molecule is O=C[C@@H]1O[C@@H]1[C@H](O)[C@H](O)CO. The Hall–Kier alpha value is -0.490. The van der Waals surface area contributed by atoms with Crippen molar-refractivity contribution in [2.75, 3.05) is 6.61 Å². The lowest BCUT2D eigenvalue weighted by atomic mass is 10.1. The van der Waals surface area contributed by atoms with E-state index >= 15 is 0 Å². The largest absolute Gasteiger partial charge is 0.394 e. The average Bonchev–Trinajstić information content (AvgIpc) is 2.80. The van der Waals surface area contributed by atoms with Crippen molar-refractivity contribution in [1.29, 1.82) is 0 Å². The standard InChI is InChI=1S/C6H10O5/c7-1-3(9)5(10)6-4(2-8)11-6/h2-7,9-10H,1H2/t3-,4+,5-,6+/m1/s1. The van der Waals surface area contributed by atoms with Gasteiger partial charge in [0.15, 0.2) is 6.29 Å². The molecule has 1 heterocycles. The lowest BCUT2D eigenvalue weighted by molar-refractivity contribution is -0.108. The Balaban J connectivity index is 2.32. The molecule has 0 aromatic rings. The fourth-order valence-corrected chi connectivity index (χ4v) is 0.847. The van der Waals surface area contributed by atoms with E-state index in [1.807, 2.05) is 0 Å². The van der Waals surface area contributed by atoms with E-state index in [2.05, 4.69) is 4.74 Å². The van der Waals surface area contributed by atoms with Crippen LogP contribution >= 0.6 is 0 Å². The zero-order valence-electron chi connectivity index (χ0n) is 5.75. The maximum atomic E-state index is 10.0. The van der Waals surface area contributed by atoms with Gasteiger partial charge in [-0.2, -0.15) is 0 Å². The van der Waals surface area contributed by atoms with Crippen LogP contribution in [0.3, 0.4) is 0 Å². The van der Waals surface area contributed by atoms with Crippen LogP contribution < -0.4 is 0 Å². The third kappa shape index (κ3) is 1.75. The van der Waals surface area contributed by atoms with Crippen molar-refractivity contribution in [1.82, 2.24) is 0 Å². The molecule has 0 saturated carbocycles. The third-order valence-corrected chi connectivity index (χ3v) is 1.61. The second kappa shape index (κ2) is 3.27. The lowest BCUT2D eigenvalue weighted by Crippen LogP contribution is -2.34. The molecule has 0 amide bonds. The number of epoxide rings is 1. The van der Waals surface area contributed by atoms with Gasteiger partial charge in [0.1, 0.15) is 24.4 Å². The normalized spacial score (nSPS) is 34.5. The molecule has 0 aliphatic carbocycles. The predicted molar refractivity (Wildman–Crippen MR) is 33.8 cm³/mol. The number of aliphatic hydroxyl groups is 3. The van der Waals surface area contributed by atoms with Crippen LogP contribution in [0.5, 0.6) is 0 Å². The zero-order chi connectivity index (χ0) is 8.43. The summed E-state index contributed by atoms with van der Waals surface area (Å²) in [7, 11) is 0. The molecule has 0 spiro atoms. The molecule has 5 nitrogen and oxygen atoms in total. The minimum absolute atomic E-state index is 0.535. The molecule has 0 aromatic heterocycles. The van der Waals surface area contributed by atoms with Gasteiger partial charge in [-0.3, -0.25) is 0 Å². The van der Waals surface area contributed by atoms with Gasteiger partial charge in [0.2, 0.25) is 0 Å². The Labute approximate surface area is 63.2 Å². The first-order valence-electron chi connectivity index (χ1n) is 3.28. The fourth-order valence-electron chi connectivity index (χ4n) is 0.847. The van der Waals surface area contributed by atoms with Gasteiger partial charge in [0.25, 0.3) is 0 Å². The molecule has 1 rings (SSSR count). The Morgan fingerprint density at radius 3 is 2.55 bits per heavy atom. The van der Waals surface area contributed by atoms with Crippen LogP contribution in [-0.4, -0.2) is 52.6 Å². The van der Waals surface area contributed by atoms with Crippen LogP contribution in [0.2, 0.25) is 0 Å². The summed E-state index contributed by atoms with van der Waals surface area (Å²) >= 11 is 0. The van der Waals surface area contributed by atoms with Gasteiger partial charge < -0.3 is 24.9 Å². The van der Waals surface area contributed by atoms with Gasteiger partial charge in [-0.15, -0.1) is 0 Å². The highest BCUT2D eigenvalue weighted by Crippen LogP contribution is 2.24. The summed E-state index contributed by atoms with van der Waals surface area (Å²) in [4.78, 5) is 10.0. The van der Waals surface area contributed by atoms with Crippen molar-refractivity contribution in [2.45, 2.75) is 24.4 Å². The molecule has 3 N–H and O–H groups in total. The molecular formula is C6H10O5. The van der Waals surface area contributed by atoms with Crippen molar-refractivity contribution < 1.29 is 24.9 Å². The molecule has 1 aliphatic heterocycles. The number of carbonyl (C=O) groups is 1. The van der Waals surface area contributed by atoms with Crippen molar-refractivity contribution in [3.63, 3.8) is 0 Å². The Morgan fingerprint density at radius 2 is 2.18 bits per heavy atom. The second-order valence-electron chi connectivity index (χ2n) is 2.44. The van der Waals surface area contributed by atoms with Crippen LogP contribution in [0.25, 0.3) is 0 Å². The number of carbonyl (C=O) groups excluding carboxylic acids is 1. The molecule has 1 aliphatic rings. The fraction of sp³-hybridized carbons (Fsp3) is 0.833. The zero-order valence-corrected chi connectivity index (χ0v) is 5.75. The molecular weight excluding hydrogens is 152 g/mol. The van der Waals surface area contributed by atoms with Gasteiger partial charge >= 0.3 is 0 Å². The first-order valence-corrected chi connectivity index (χ1v) is 3.28. The van der Waals surface area contributed by atoms with Gasteiger partial charge in [-0.1, -0.05) is 0 Å². The summed E-state index contributed by atoms with van der Waals surface area (Å²) < 4.78 is 4.66. The van der Waals surface area contributed by atoms with Crippen molar-refractivity contribution in [3.8, 4) is 0 Å². The number of aldehydes is 1. The number of aliphatic hydroxyl groups excluding tert-OH is 3. The van der Waals surface area contributed by atoms with Gasteiger partial charge in [0, 0.05) is 0 Å². The highest BCUT2D eigenvalue weighted by Gasteiger charge is 2.46. The van der Waals surface area contributed by atoms with E-state index in [0.717, 1.165) is 0 Å². The lowest BCUT2D eigenvalue weighted by Gasteiger charge is -2.11. The molecule has 0 radical (unpaired) electrons. The van der Waals surface area contributed by atoms with E-state index in [1.54, 1.807) is 0 Å². The van der Waals surface area contributed by atoms with Crippen LogP contribution in [0.4, 0.5) is 0 Å². The van der Waals surface area contributed by atoms with Gasteiger partial charge in [-0.05, 0) is 0 Å². The summed E-state index contributed by atoms with van der Waals surface area (Å²) in [5, 5.41) is 26.3. The number of rotatable bonds is 4. The summed E-state index contributed by atoms with van der Waals surface area (Å²) in [5.41, 5.74) is 0. The topological polar surface area (TPSA) is 90.3 Å². The average molecular weight is 162 g/mol. The predicted octanol–water partition coefficient (Wildman–Crippen LogP) is -2.33. The molecule has 0 bridgehead atoms. The quantitative estimate of drug-likeness (QED) is 0.318. The minimum Gasteiger partial charge on any atom is -0.394 e. The van der Waals surface area contributed by atoms with Gasteiger partial charge in [0.05, 0.1) is 6.61 Å². The summed E-state index contributed by atoms with van der Waals surface area (Å²) in [6.07, 6.45) is -3.11. The molecule has 1 fully saturated rings. The van der Waals surface area contributed by atoms with Crippen LogP contribution in [0.15, 0.2) is 0 Å². The summed E-state index contributed by atoms with van der Waals surface area (Å²) in [6, 6.07) is 0. The molecule has 1 saturated heterocycles. The van der Waals surface area contributed by atoms with E-state index in [-0.39, 0.29) is 0 Å². The number of hydrogen-bond donors (Lipinski definition) is 3. The van der Waals surface area contributed by atoms with Crippen molar-refractivity contribution in [3.05, 3.63) is 0 Å². The van der Waals surface area contributed by atoms with Crippen LogP contribution in [0, 0.1) is 0 Å². The molecule has 64 valence electrons. The molecule has 0 unspecified atom stereocenters. The van der Waals surface area contributed by atoms with Crippen molar-refractivity contribution in [2.24, 2.45) is 0 Å². The highest BCUT2D eigenvalue weighted by atomic mass is 16.6. The first-order chi connectivity index (χ1) is 5.20. The third-order valence-electron chi connectivity index (χ3n) is 1.61. The Kier molecular flexibility index (Phi) is 2.56. The molecule has 4 atom stereocenters. The number of hydrogen-bond acceptors (Lipinski definition) is 5. The highest BCUT2D eigenvalue weighted by molar-refractivity contribution is 5.60. The minimum atomic E-state index is -1.23. The number of ether oxygens (including phenoxy) is 1. The monoisotopic (exact) mass is 162 g/mol. The van der Waals surface area contributed by atoms with E-state index in [0.29, 0.717) is 6.29 Å². The second-order valence-corrected chi connectivity index (χ2v) is 2.44. The van der Waals surface area contributed by atoms with E-state index in [4.69, 9.17) is 15.3 Å². The summed E-state index contributed by atoms with van der Waals surface area (Å²) in [5.74, 6) is 0. The molecule has 0 aromatic carbocycles. The van der Waals surface area contributed by atoms with E-state index in [9.17, 15) is 4.79 Å². The van der Waals surface area contributed by atoms with Crippen molar-refractivity contribution >= 4 is 6.29 Å². The first kappa shape index (κ1) is 8.61. The molecule has 5 heteroatoms. The Morgan fingerprint density at radius 1 is 1.55 bits per heavy atom. The maximum Gasteiger partial charge on any atom is 0.151 e. The van der Waals surface area contributed by atoms with E-state index < -0.39 is 31.0 Å². The van der Waals surface area contributed by atoms with Crippen LogP contribution in [0.1, 0.15) is 0 Å². The Bertz CT molecular complexity index is 148.